The van der Waals surface area contributed by atoms with Gasteiger partial charge in [0.05, 0.1) is 29.2 Å². The van der Waals surface area contributed by atoms with Crippen molar-refractivity contribution < 1.29 is 27.4 Å². The fourth-order valence-corrected chi connectivity index (χ4v) is 3.70. The molecule has 0 radical (unpaired) electrons. The zero-order chi connectivity index (χ0) is 24.6. The second kappa shape index (κ2) is 8.79. The van der Waals surface area contributed by atoms with Gasteiger partial charge in [0, 0.05) is 16.8 Å². The summed E-state index contributed by atoms with van der Waals surface area (Å²) in [5.41, 5.74) is 2.83. The predicted molar refractivity (Wildman–Crippen MR) is 121 cm³/mol. The van der Waals surface area contributed by atoms with Gasteiger partial charge in [-0.25, -0.2) is 4.98 Å². The number of imidazole rings is 1. The summed E-state index contributed by atoms with van der Waals surface area (Å²) >= 11 is 0. The van der Waals surface area contributed by atoms with Gasteiger partial charge >= 0.3 is 6.18 Å². The van der Waals surface area contributed by atoms with Crippen molar-refractivity contribution in [2.24, 2.45) is 0 Å². The lowest BCUT2D eigenvalue weighted by Gasteiger charge is -2.07. The van der Waals surface area contributed by atoms with E-state index >= 15 is 0 Å². The Hall–Kier alpha value is -4.34. The van der Waals surface area contributed by atoms with E-state index in [4.69, 9.17) is 9.47 Å². The van der Waals surface area contributed by atoms with Crippen LogP contribution < -0.4 is 14.8 Å². The van der Waals surface area contributed by atoms with Gasteiger partial charge in [0.2, 0.25) is 6.79 Å². The van der Waals surface area contributed by atoms with Crippen molar-refractivity contribution in [3.63, 3.8) is 0 Å². The number of ether oxygens (including phenoxy) is 2. The maximum absolute atomic E-state index is 12.8. The molecule has 35 heavy (non-hydrogen) atoms. The molecule has 5 rings (SSSR count). The number of pyridine rings is 1. The number of nitrogens with zero attached hydrogens (tertiary/aromatic N) is 2. The summed E-state index contributed by atoms with van der Waals surface area (Å²) in [7, 11) is 0. The first kappa shape index (κ1) is 22.5. The minimum Gasteiger partial charge on any atom is -0.454 e. The first-order chi connectivity index (χ1) is 16.8. The van der Waals surface area contributed by atoms with E-state index in [1.54, 1.807) is 6.07 Å². The molecule has 0 bridgehead atoms. The van der Waals surface area contributed by atoms with Crippen molar-refractivity contribution >= 4 is 5.91 Å². The van der Waals surface area contributed by atoms with E-state index in [0.29, 0.717) is 34.4 Å². The van der Waals surface area contributed by atoms with E-state index in [2.05, 4.69) is 20.3 Å². The summed E-state index contributed by atoms with van der Waals surface area (Å²) in [4.78, 5) is 25.0. The quantitative estimate of drug-likeness (QED) is 0.414. The van der Waals surface area contributed by atoms with Crippen molar-refractivity contribution in [2.75, 3.05) is 6.79 Å². The molecule has 10 heteroatoms. The summed E-state index contributed by atoms with van der Waals surface area (Å²) in [5.74, 6) is 1.18. The van der Waals surface area contributed by atoms with Crippen LogP contribution in [0, 0.1) is 6.92 Å². The third kappa shape index (κ3) is 4.68. The van der Waals surface area contributed by atoms with Crippen molar-refractivity contribution in [3.05, 3.63) is 83.3 Å². The average molecular weight is 480 g/mol. The van der Waals surface area contributed by atoms with E-state index in [9.17, 15) is 18.0 Å². The van der Waals surface area contributed by atoms with Gasteiger partial charge in [0.1, 0.15) is 5.82 Å². The molecule has 1 aliphatic heterocycles. The lowest BCUT2D eigenvalue weighted by atomic mass is 10.1. The van der Waals surface area contributed by atoms with Gasteiger partial charge in [-0.2, -0.15) is 13.2 Å². The molecule has 2 aromatic heterocycles. The molecule has 0 aliphatic carbocycles. The van der Waals surface area contributed by atoms with Gasteiger partial charge in [0.25, 0.3) is 5.91 Å². The molecule has 178 valence electrons. The number of aromatic nitrogens is 3. The summed E-state index contributed by atoms with van der Waals surface area (Å²) in [6.45, 7) is 2.06. The number of amides is 1. The number of H-pyrrole nitrogens is 1. The number of carbonyl (C=O) groups is 1. The number of halogens is 3. The molecule has 2 N–H and O–H groups in total. The maximum atomic E-state index is 12.8. The van der Waals surface area contributed by atoms with Gasteiger partial charge in [-0.1, -0.05) is 6.07 Å². The number of hydrogen-bond acceptors (Lipinski definition) is 5. The monoisotopic (exact) mass is 480 g/mol. The van der Waals surface area contributed by atoms with Crippen LogP contribution in [-0.4, -0.2) is 27.7 Å². The number of hydrogen-bond donors (Lipinski definition) is 2. The van der Waals surface area contributed by atoms with Crippen molar-refractivity contribution in [1.82, 2.24) is 20.3 Å². The molecule has 0 unspecified atom stereocenters. The fourth-order valence-electron chi connectivity index (χ4n) is 3.70. The Morgan fingerprint density at radius 1 is 1.03 bits per heavy atom. The van der Waals surface area contributed by atoms with Gasteiger partial charge in [-0.05, 0) is 61.5 Å². The Bertz CT molecular complexity index is 1400. The minimum atomic E-state index is -4.46. The number of fused-ring (bicyclic) bond motifs is 1. The topological polar surface area (TPSA) is 89.1 Å². The van der Waals surface area contributed by atoms with Gasteiger partial charge < -0.3 is 19.8 Å². The van der Waals surface area contributed by atoms with Crippen LogP contribution in [0.5, 0.6) is 11.5 Å². The molecule has 1 aliphatic rings. The van der Waals surface area contributed by atoms with Crippen molar-refractivity contribution in [1.29, 1.82) is 0 Å². The van der Waals surface area contributed by atoms with Crippen molar-refractivity contribution in [3.8, 4) is 34.1 Å². The number of aromatic amines is 1. The summed E-state index contributed by atoms with van der Waals surface area (Å²) in [5, 5.41) is 2.69. The molecule has 0 fully saturated rings. The van der Waals surface area contributed by atoms with Crippen molar-refractivity contribution in [2.45, 2.75) is 19.6 Å². The van der Waals surface area contributed by atoms with Crippen LogP contribution in [0.2, 0.25) is 0 Å². The number of benzene rings is 2. The van der Waals surface area contributed by atoms with E-state index in [1.165, 1.54) is 0 Å². The average Bonchev–Trinajstić information content (AvgIpc) is 3.48. The third-order valence-corrected chi connectivity index (χ3v) is 5.43. The third-order valence-electron chi connectivity index (χ3n) is 5.43. The molecule has 7 nitrogen and oxygen atoms in total. The summed E-state index contributed by atoms with van der Waals surface area (Å²) < 4.78 is 49.2. The Labute approximate surface area is 198 Å². The van der Waals surface area contributed by atoms with Crippen LogP contribution in [0.1, 0.15) is 27.4 Å². The van der Waals surface area contributed by atoms with Crippen LogP contribution in [0.15, 0.2) is 60.7 Å². The highest BCUT2D eigenvalue weighted by atomic mass is 19.4. The van der Waals surface area contributed by atoms with E-state index in [-0.39, 0.29) is 18.9 Å². The van der Waals surface area contributed by atoms with E-state index in [0.717, 1.165) is 35.5 Å². The van der Waals surface area contributed by atoms with Crippen LogP contribution >= 0.6 is 0 Å². The number of rotatable bonds is 5. The van der Waals surface area contributed by atoms with E-state index in [1.807, 2.05) is 37.3 Å². The zero-order valence-corrected chi connectivity index (χ0v) is 18.4. The van der Waals surface area contributed by atoms with Gasteiger partial charge in [-0.15, -0.1) is 0 Å². The highest BCUT2D eigenvalue weighted by Crippen LogP contribution is 2.38. The van der Waals surface area contributed by atoms with Crippen LogP contribution in [0.25, 0.3) is 22.6 Å². The molecule has 2 aromatic carbocycles. The molecular weight excluding hydrogens is 461 g/mol. The summed E-state index contributed by atoms with van der Waals surface area (Å²) in [6.07, 6.45) is -4.46. The Morgan fingerprint density at radius 2 is 1.80 bits per heavy atom. The second-order valence-electron chi connectivity index (χ2n) is 7.90. The first-order valence-electron chi connectivity index (χ1n) is 10.7. The Balaban J connectivity index is 1.42. The molecule has 4 aromatic rings. The van der Waals surface area contributed by atoms with Crippen LogP contribution in [-0.2, 0) is 12.7 Å². The Morgan fingerprint density at radius 3 is 2.54 bits per heavy atom. The molecule has 0 saturated heterocycles. The minimum absolute atomic E-state index is 0.0310. The zero-order valence-electron chi connectivity index (χ0n) is 18.4. The van der Waals surface area contributed by atoms with Gasteiger partial charge in [-0.3, -0.25) is 9.78 Å². The molecule has 1 amide bonds. The largest absolute Gasteiger partial charge is 0.454 e. The molecule has 3 heterocycles. The maximum Gasteiger partial charge on any atom is 0.416 e. The predicted octanol–water partition coefficient (Wildman–Crippen LogP) is 5.12. The highest BCUT2D eigenvalue weighted by Gasteiger charge is 2.30. The lowest BCUT2D eigenvalue weighted by molar-refractivity contribution is -0.137. The van der Waals surface area contributed by atoms with Crippen LogP contribution in [0.3, 0.4) is 0 Å². The normalized spacial score (nSPS) is 12.6. The lowest BCUT2D eigenvalue weighted by Crippen LogP contribution is -2.23. The second-order valence-corrected chi connectivity index (χ2v) is 7.90. The molecule has 0 saturated carbocycles. The molecule has 0 spiro atoms. The number of alkyl halides is 3. The van der Waals surface area contributed by atoms with Gasteiger partial charge in [0.15, 0.2) is 11.5 Å². The smallest absolute Gasteiger partial charge is 0.416 e. The molecular formula is C25H19F3N4O3. The number of carbonyl (C=O) groups excluding carboxylic acids is 1. The highest BCUT2D eigenvalue weighted by molar-refractivity contribution is 5.94. The first-order valence-corrected chi connectivity index (χ1v) is 10.7. The summed E-state index contributed by atoms with van der Waals surface area (Å²) in [6, 6.07) is 15.1. The van der Waals surface area contributed by atoms with E-state index < -0.39 is 17.6 Å². The SMILES string of the molecule is Cc1cccc(-c2[nH]c(CNC(=O)c3ccc(C(F)(F)F)cc3)nc2-c2ccc3c(c2)OCO3)n1. The van der Waals surface area contributed by atoms with Crippen LogP contribution in [0.4, 0.5) is 13.2 Å². The standard InChI is InChI=1S/C25H19F3N4O3/c1-14-3-2-4-18(30-14)23-22(16-7-10-19-20(11-16)35-13-34-19)31-21(32-23)12-29-24(33)15-5-8-17(9-6-15)25(26,27)28/h2-11H,12-13H2,1H3,(H,29,33)(H,31,32). The molecule has 0 atom stereocenters. The number of nitrogens with one attached hydrogen (secondary N) is 2. The number of aryl methyl sites for hydroxylation is 1. The fraction of sp³-hybridized carbons (Fsp3) is 0.160. The Kier molecular flexibility index (Phi) is 5.64.